The summed E-state index contributed by atoms with van der Waals surface area (Å²) in [4.78, 5) is 38.5. The van der Waals surface area contributed by atoms with Crippen LogP contribution in [0.1, 0.15) is 49.1 Å². The third-order valence-electron chi connectivity index (χ3n) is 7.06. The van der Waals surface area contributed by atoms with E-state index in [1.54, 1.807) is 0 Å². The van der Waals surface area contributed by atoms with Crippen LogP contribution in [0.3, 0.4) is 0 Å². The molecule has 0 aromatic heterocycles. The van der Waals surface area contributed by atoms with Gasteiger partial charge in [0.05, 0.1) is 5.92 Å². The first-order chi connectivity index (χ1) is 16.0. The lowest BCUT2D eigenvalue weighted by atomic mass is 9.98. The van der Waals surface area contributed by atoms with Gasteiger partial charge in [-0.05, 0) is 47.9 Å². The highest BCUT2D eigenvalue weighted by molar-refractivity contribution is 5.85. The molecule has 7 nitrogen and oxygen atoms in total. The predicted octanol–water partition coefficient (Wildman–Crippen LogP) is 3.77. The smallest absolute Gasteiger partial charge is 0.407 e. The summed E-state index contributed by atoms with van der Waals surface area (Å²) in [5.41, 5.74) is 4.63. The number of amides is 2. The van der Waals surface area contributed by atoms with E-state index in [-0.39, 0.29) is 37.1 Å². The van der Waals surface area contributed by atoms with Gasteiger partial charge in [0.15, 0.2) is 0 Å². The molecular weight excluding hydrogens is 420 g/mol. The Morgan fingerprint density at radius 1 is 0.939 bits per heavy atom. The number of benzene rings is 2. The second kappa shape index (κ2) is 8.89. The van der Waals surface area contributed by atoms with E-state index < -0.39 is 18.0 Å². The summed E-state index contributed by atoms with van der Waals surface area (Å²) in [5.74, 6) is -1.59. The zero-order chi connectivity index (χ0) is 22.9. The molecule has 172 valence electrons. The van der Waals surface area contributed by atoms with Gasteiger partial charge >= 0.3 is 12.1 Å². The molecule has 0 aliphatic heterocycles. The van der Waals surface area contributed by atoms with Crippen molar-refractivity contribution in [3.63, 3.8) is 0 Å². The average molecular weight is 449 g/mol. The Hall–Kier alpha value is -3.35. The van der Waals surface area contributed by atoms with Gasteiger partial charge in [-0.25, -0.2) is 4.79 Å². The molecule has 3 aliphatic rings. The molecule has 0 radical (unpaired) electrons. The van der Waals surface area contributed by atoms with Gasteiger partial charge in [0.1, 0.15) is 13.2 Å². The number of nitrogens with one attached hydrogen (secondary N) is 1. The van der Waals surface area contributed by atoms with Crippen molar-refractivity contribution in [1.29, 1.82) is 0 Å². The zero-order valence-electron chi connectivity index (χ0n) is 18.4. The summed E-state index contributed by atoms with van der Waals surface area (Å²) in [6.45, 7) is -0.0595. The van der Waals surface area contributed by atoms with Crippen LogP contribution in [0.25, 0.3) is 11.1 Å². The van der Waals surface area contributed by atoms with Crippen LogP contribution in [0.15, 0.2) is 48.5 Å². The van der Waals surface area contributed by atoms with Crippen LogP contribution in [0.5, 0.6) is 0 Å². The average Bonchev–Trinajstić information content (AvgIpc) is 3.47. The predicted molar refractivity (Wildman–Crippen MR) is 122 cm³/mol. The maximum absolute atomic E-state index is 13.1. The van der Waals surface area contributed by atoms with Gasteiger partial charge in [0, 0.05) is 18.0 Å². The van der Waals surface area contributed by atoms with Gasteiger partial charge in [-0.1, -0.05) is 55.0 Å². The summed E-state index contributed by atoms with van der Waals surface area (Å²) in [6.07, 6.45) is 3.31. The van der Waals surface area contributed by atoms with Gasteiger partial charge in [-0.15, -0.1) is 0 Å². The summed E-state index contributed by atoms with van der Waals surface area (Å²) >= 11 is 0. The lowest BCUT2D eigenvalue weighted by Gasteiger charge is -2.27. The van der Waals surface area contributed by atoms with E-state index in [9.17, 15) is 19.5 Å². The van der Waals surface area contributed by atoms with E-state index in [0.29, 0.717) is 12.8 Å². The lowest BCUT2D eigenvalue weighted by Crippen LogP contribution is -2.48. The van der Waals surface area contributed by atoms with Crippen LogP contribution in [-0.4, -0.2) is 53.2 Å². The number of aliphatic carboxylic acids is 1. The third-order valence-corrected chi connectivity index (χ3v) is 7.06. The largest absolute Gasteiger partial charge is 0.480 e. The molecule has 2 saturated carbocycles. The Labute approximate surface area is 192 Å². The van der Waals surface area contributed by atoms with E-state index in [2.05, 4.69) is 29.6 Å². The summed E-state index contributed by atoms with van der Waals surface area (Å²) < 4.78 is 5.65. The van der Waals surface area contributed by atoms with Crippen molar-refractivity contribution in [1.82, 2.24) is 10.2 Å². The number of carboxylic acids is 1. The molecule has 2 atom stereocenters. The molecule has 5 rings (SSSR count). The topological polar surface area (TPSA) is 95.9 Å². The van der Waals surface area contributed by atoms with E-state index in [1.165, 1.54) is 16.0 Å². The molecule has 0 saturated heterocycles. The summed E-state index contributed by atoms with van der Waals surface area (Å²) in [5, 5.41) is 12.1. The van der Waals surface area contributed by atoms with Crippen molar-refractivity contribution in [3.05, 3.63) is 59.7 Å². The Morgan fingerprint density at radius 3 is 2.18 bits per heavy atom. The number of rotatable bonds is 7. The van der Waals surface area contributed by atoms with Crippen LogP contribution < -0.4 is 5.32 Å². The number of carboxylic acid groups (broad SMARTS) is 1. The molecule has 33 heavy (non-hydrogen) atoms. The van der Waals surface area contributed by atoms with Crippen molar-refractivity contribution in [3.8, 4) is 11.1 Å². The summed E-state index contributed by atoms with van der Waals surface area (Å²) in [7, 11) is 0. The highest BCUT2D eigenvalue weighted by Crippen LogP contribution is 2.44. The molecule has 2 amide bonds. The Bertz CT molecular complexity index is 1030. The van der Waals surface area contributed by atoms with Crippen LogP contribution in [0.4, 0.5) is 4.79 Å². The summed E-state index contributed by atoms with van der Waals surface area (Å²) in [6, 6.07) is 16.0. The standard InChI is InChI=1S/C26H28N2O5/c29-24(30)14-28(16-12-13-16)25(31)21-10-5-11-23(21)27-26(32)33-15-22-19-8-3-1-6-17(19)18-7-2-4-9-20(18)22/h1-4,6-9,16,21-23H,5,10-15H2,(H,27,32)(H,29,30). The lowest BCUT2D eigenvalue weighted by molar-refractivity contribution is -0.147. The van der Waals surface area contributed by atoms with E-state index >= 15 is 0 Å². The van der Waals surface area contributed by atoms with Crippen molar-refractivity contribution >= 4 is 18.0 Å². The van der Waals surface area contributed by atoms with E-state index in [0.717, 1.165) is 30.4 Å². The van der Waals surface area contributed by atoms with E-state index in [4.69, 9.17) is 4.74 Å². The molecule has 7 heteroatoms. The Morgan fingerprint density at radius 2 is 1.58 bits per heavy atom. The number of nitrogens with zero attached hydrogens (tertiary/aromatic N) is 1. The maximum Gasteiger partial charge on any atom is 0.407 e. The van der Waals surface area contributed by atoms with Crippen LogP contribution in [-0.2, 0) is 14.3 Å². The molecular formula is C26H28N2O5. The second-order valence-electron chi connectivity index (χ2n) is 9.20. The van der Waals surface area contributed by atoms with Crippen molar-refractivity contribution in [2.45, 2.75) is 50.1 Å². The normalized spacial score (nSPS) is 21.2. The van der Waals surface area contributed by atoms with Gasteiger partial charge in [0.2, 0.25) is 5.91 Å². The van der Waals surface area contributed by atoms with Crippen molar-refractivity contribution in [2.24, 2.45) is 5.92 Å². The number of hydrogen-bond donors (Lipinski definition) is 2. The monoisotopic (exact) mass is 448 g/mol. The minimum atomic E-state index is -1.01. The molecule has 0 spiro atoms. The zero-order valence-corrected chi connectivity index (χ0v) is 18.4. The van der Waals surface area contributed by atoms with Gasteiger partial charge < -0.3 is 20.1 Å². The van der Waals surface area contributed by atoms with Crippen LogP contribution >= 0.6 is 0 Å². The number of carbonyl (C=O) groups excluding carboxylic acids is 2. The molecule has 0 bridgehead atoms. The number of ether oxygens (including phenoxy) is 1. The highest BCUT2D eigenvalue weighted by Gasteiger charge is 2.42. The molecule has 2 unspecified atom stereocenters. The fraction of sp³-hybridized carbons (Fsp3) is 0.423. The fourth-order valence-corrected chi connectivity index (χ4v) is 5.35. The quantitative estimate of drug-likeness (QED) is 0.672. The molecule has 2 N–H and O–H groups in total. The fourth-order valence-electron chi connectivity index (χ4n) is 5.35. The molecule has 2 aromatic rings. The molecule has 2 fully saturated rings. The van der Waals surface area contributed by atoms with Gasteiger partial charge in [0.25, 0.3) is 0 Å². The maximum atomic E-state index is 13.1. The SMILES string of the molecule is O=C(O)CN(C(=O)C1CCCC1NC(=O)OCC1c2ccccc2-c2ccccc21)C1CC1. The Kier molecular flexibility index (Phi) is 5.79. The molecule has 2 aromatic carbocycles. The highest BCUT2D eigenvalue weighted by atomic mass is 16.5. The Balaban J connectivity index is 1.22. The second-order valence-corrected chi connectivity index (χ2v) is 9.20. The van der Waals surface area contributed by atoms with Crippen molar-refractivity contribution in [2.75, 3.05) is 13.2 Å². The number of carbonyl (C=O) groups is 3. The molecule has 0 heterocycles. The first-order valence-electron chi connectivity index (χ1n) is 11.7. The number of alkyl carbamates (subject to hydrolysis) is 1. The minimum Gasteiger partial charge on any atom is -0.480 e. The van der Waals surface area contributed by atoms with E-state index in [1.807, 2.05) is 24.3 Å². The minimum absolute atomic E-state index is 0.0179. The van der Waals surface area contributed by atoms with Gasteiger partial charge in [-0.2, -0.15) is 0 Å². The van der Waals surface area contributed by atoms with Crippen molar-refractivity contribution < 1.29 is 24.2 Å². The third kappa shape index (κ3) is 4.32. The molecule has 3 aliphatic carbocycles. The van der Waals surface area contributed by atoms with Gasteiger partial charge in [-0.3, -0.25) is 9.59 Å². The van der Waals surface area contributed by atoms with Crippen LogP contribution in [0.2, 0.25) is 0 Å². The number of hydrogen-bond acceptors (Lipinski definition) is 4. The van der Waals surface area contributed by atoms with Crippen LogP contribution in [0, 0.1) is 5.92 Å². The first-order valence-corrected chi connectivity index (χ1v) is 11.7. The first kappa shape index (κ1) is 21.5. The number of fused-ring (bicyclic) bond motifs is 3.